The minimum Gasteiger partial charge on any atom is -0.372 e. The van der Waals surface area contributed by atoms with Gasteiger partial charge >= 0.3 is 6.18 Å². The molecule has 4 rings (SSSR count). The number of alkyl halides is 3. The third kappa shape index (κ3) is 3.71. The van der Waals surface area contributed by atoms with Crippen LogP contribution >= 0.6 is 0 Å². The van der Waals surface area contributed by atoms with Gasteiger partial charge in [-0.25, -0.2) is 0 Å². The smallest absolute Gasteiger partial charge is 0.372 e. The lowest BCUT2D eigenvalue weighted by Gasteiger charge is -2.34. The average molecular weight is 414 g/mol. The average Bonchev–Trinajstić information content (AvgIpc) is 2.77. The van der Waals surface area contributed by atoms with E-state index in [0.29, 0.717) is 24.0 Å². The number of benzene rings is 2. The van der Waals surface area contributed by atoms with Gasteiger partial charge in [-0.15, -0.1) is 0 Å². The first-order chi connectivity index (χ1) is 13.9. The fraction of sp³-hybridized carbons (Fsp3) is 0.375. The van der Waals surface area contributed by atoms with Crippen LogP contribution in [0.5, 0.6) is 0 Å². The molecule has 0 amide bonds. The largest absolute Gasteiger partial charge is 0.416 e. The Bertz CT molecular complexity index is 1070. The fourth-order valence-electron chi connectivity index (χ4n) is 4.35. The van der Waals surface area contributed by atoms with Crippen molar-refractivity contribution in [3.05, 3.63) is 69.9 Å². The summed E-state index contributed by atoms with van der Waals surface area (Å²) >= 11 is 0. The van der Waals surface area contributed by atoms with E-state index in [2.05, 4.69) is 10.6 Å². The van der Waals surface area contributed by atoms with E-state index in [9.17, 15) is 18.0 Å². The molecule has 2 N–H and O–H groups in total. The highest BCUT2D eigenvalue weighted by Gasteiger charge is 2.39. The molecule has 6 heteroatoms. The highest BCUT2D eigenvalue weighted by Crippen LogP contribution is 2.46. The molecule has 0 saturated heterocycles. The molecule has 30 heavy (non-hydrogen) atoms. The molecule has 1 heterocycles. The van der Waals surface area contributed by atoms with Crippen molar-refractivity contribution in [1.82, 2.24) is 0 Å². The molecule has 0 radical (unpaired) electrons. The quantitative estimate of drug-likeness (QED) is 0.556. The van der Waals surface area contributed by atoms with Crippen LogP contribution in [0.15, 0.2) is 47.7 Å². The Kier molecular flexibility index (Phi) is 4.71. The molecule has 0 saturated carbocycles. The number of ketones is 1. The van der Waals surface area contributed by atoms with Crippen LogP contribution in [0.4, 0.5) is 24.5 Å². The van der Waals surface area contributed by atoms with Crippen molar-refractivity contribution in [2.75, 3.05) is 10.6 Å². The lowest BCUT2D eigenvalue weighted by Crippen LogP contribution is -2.31. The van der Waals surface area contributed by atoms with Gasteiger partial charge in [0.25, 0.3) is 0 Å². The predicted octanol–water partition coefficient (Wildman–Crippen LogP) is 6.54. The van der Waals surface area contributed by atoms with E-state index in [1.54, 1.807) is 6.07 Å². The Hall–Kier alpha value is -2.76. The van der Waals surface area contributed by atoms with E-state index >= 15 is 0 Å². The summed E-state index contributed by atoms with van der Waals surface area (Å²) in [5.74, 6) is -0.0371. The maximum atomic E-state index is 13.4. The summed E-state index contributed by atoms with van der Waals surface area (Å²) in [6.45, 7) is 8.07. The number of Topliss-reactive ketones (excluding diaryl/α,β-unsaturated/α-hetero) is 1. The third-order valence-electron chi connectivity index (χ3n) is 5.98. The van der Waals surface area contributed by atoms with E-state index in [1.807, 2.05) is 39.8 Å². The summed E-state index contributed by atoms with van der Waals surface area (Å²) < 4.78 is 40.1. The lowest BCUT2D eigenvalue weighted by molar-refractivity contribution is -0.137. The molecular weight excluding hydrogens is 389 g/mol. The second-order valence-corrected chi connectivity index (χ2v) is 9.14. The third-order valence-corrected chi connectivity index (χ3v) is 5.98. The molecule has 2 aromatic carbocycles. The summed E-state index contributed by atoms with van der Waals surface area (Å²) in [5.41, 5.74) is 4.59. The van der Waals surface area contributed by atoms with Crippen LogP contribution in [0.1, 0.15) is 55.0 Å². The van der Waals surface area contributed by atoms with Crippen LogP contribution in [-0.2, 0) is 11.0 Å². The zero-order valence-corrected chi connectivity index (χ0v) is 17.5. The van der Waals surface area contributed by atoms with Gasteiger partial charge in [-0.1, -0.05) is 26.0 Å². The maximum Gasteiger partial charge on any atom is 0.416 e. The van der Waals surface area contributed by atoms with Crippen molar-refractivity contribution in [2.45, 2.75) is 52.8 Å². The first-order valence-electron chi connectivity index (χ1n) is 10.0. The molecule has 2 aromatic rings. The van der Waals surface area contributed by atoms with Crippen molar-refractivity contribution < 1.29 is 18.0 Å². The molecule has 0 bridgehead atoms. The summed E-state index contributed by atoms with van der Waals surface area (Å²) in [5, 5.41) is 6.81. The van der Waals surface area contributed by atoms with Crippen LogP contribution in [0.3, 0.4) is 0 Å². The first-order valence-corrected chi connectivity index (χ1v) is 10.0. The van der Waals surface area contributed by atoms with Crippen LogP contribution in [0.2, 0.25) is 0 Å². The number of allylic oxidation sites excluding steroid dienone is 1. The molecule has 1 aliphatic carbocycles. The SMILES string of the molecule is Cc1cc2c(cc1C)N[C@@H](c1cccc(C(F)(F)F)c1)C1=C(CC(C)(C)CC1=O)N2. The van der Waals surface area contributed by atoms with Crippen LogP contribution in [-0.4, -0.2) is 5.78 Å². The Labute approximate surface area is 174 Å². The summed E-state index contributed by atoms with van der Waals surface area (Å²) in [6.07, 6.45) is -3.43. The molecule has 2 aliphatic rings. The van der Waals surface area contributed by atoms with Crippen molar-refractivity contribution >= 4 is 17.2 Å². The highest BCUT2D eigenvalue weighted by atomic mass is 19.4. The molecule has 158 valence electrons. The monoisotopic (exact) mass is 414 g/mol. The number of hydrogen-bond acceptors (Lipinski definition) is 3. The predicted molar refractivity (Wildman–Crippen MR) is 112 cm³/mol. The fourth-order valence-corrected chi connectivity index (χ4v) is 4.35. The number of halogens is 3. The first kappa shape index (κ1) is 20.5. The molecule has 1 atom stereocenters. The van der Waals surface area contributed by atoms with E-state index < -0.39 is 17.8 Å². The van der Waals surface area contributed by atoms with Crippen molar-refractivity contribution in [2.24, 2.45) is 5.41 Å². The van der Waals surface area contributed by atoms with Gasteiger partial charge in [-0.2, -0.15) is 13.2 Å². The van der Waals surface area contributed by atoms with E-state index in [1.165, 1.54) is 6.07 Å². The molecule has 0 unspecified atom stereocenters. The van der Waals surface area contributed by atoms with Crippen LogP contribution in [0.25, 0.3) is 0 Å². The van der Waals surface area contributed by atoms with E-state index in [4.69, 9.17) is 0 Å². The van der Waals surface area contributed by atoms with Crippen molar-refractivity contribution in [1.29, 1.82) is 0 Å². The number of hydrogen-bond donors (Lipinski definition) is 2. The van der Waals surface area contributed by atoms with Crippen LogP contribution < -0.4 is 10.6 Å². The Balaban J connectivity index is 1.91. The topological polar surface area (TPSA) is 41.1 Å². The minimum absolute atomic E-state index is 0.0371. The Morgan fingerprint density at radius 2 is 1.67 bits per heavy atom. The number of carbonyl (C=O) groups is 1. The van der Waals surface area contributed by atoms with Gasteiger partial charge in [0, 0.05) is 17.7 Å². The second-order valence-electron chi connectivity index (χ2n) is 9.14. The minimum atomic E-state index is -4.44. The van der Waals surface area contributed by atoms with Gasteiger partial charge < -0.3 is 10.6 Å². The van der Waals surface area contributed by atoms with E-state index in [0.717, 1.165) is 40.3 Å². The summed E-state index contributed by atoms with van der Waals surface area (Å²) in [6, 6.07) is 8.59. The number of rotatable bonds is 1. The van der Waals surface area contributed by atoms with Gasteiger partial charge in [-0.3, -0.25) is 4.79 Å². The zero-order valence-electron chi connectivity index (χ0n) is 17.5. The standard InChI is InChI=1S/C24H25F3N2O/c1-13-8-17-18(9-14(13)2)29-22(15-6-5-7-16(10-15)24(25,26)27)21-19(28-17)11-23(3,4)12-20(21)30/h5-10,22,28-29H,11-12H2,1-4H3/t22-/m0/s1. The number of aryl methyl sites for hydroxylation is 2. The zero-order chi connectivity index (χ0) is 21.8. The number of carbonyl (C=O) groups excluding carboxylic acids is 1. The number of anilines is 2. The lowest BCUT2D eigenvalue weighted by atomic mass is 9.73. The van der Waals surface area contributed by atoms with E-state index in [-0.39, 0.29) is 11.2 Å². The Morgan fingerprint density at radius 1 is 1.00 bits per heavy atom. The number of fused-ring (bicyclic) bond motifs is 1. The van der Waals surface area contributed by atoms with Gasteiger partial charge in [0.05, 0.1) is 23.0 Å². The van der Waals surface area contributed by atoms with Gasteiger partial charge in [0.15, 0.2) is 5.78 Å². The van der Waals surface area contributed by atoms with Crippen molar-refractivity contribution in [3.63, 3.8) is 0 Å². The van der Waals surface area contributed by atoms with Gasteiger partial charge in [0.1, 0.15) is 0 Å². The maximum absolute atomic E-state index is 13.4. The normalized spacial score (nSPS) is 20.6. The second kappa shape index (κ2) is 6.89. The summed E-state index contributed by atoms with van der Waals surface area (Å²) in [4.78, 5) is 13.2. The molecule has 1 aliphatic heterocycles. The number of nitrogens with one attached hydrogen (secondary N) is 2. The molecular formula is C24H25F3N2O. The molecule has 0 fully saturated rings. The Morgan fingerprint density at radius 3 is 2.33 bits per heavy atom. The highest BCUT2D eigenvalue weighted by molar-refractivity contribution is 6.01. The summed E-state index contributed by atoms with van der Waals surface area (Å²) in [7, 11) is 0. The molecule has 3 nitrogen and oxygen atoms in total. The van der Waals surface area contributed by atoms with Crippen LogP contribution in [0, 0.1) is 19.3 Å². The molecule has 0 spiro atoms. The van der Waals surface area contributed by atoms with Gasteiger partial charge in [-0.05, 0) is 66.6 Å². The van der Waals surface area contributed by atoms with Crippen molar-refractivity contribution in [3.8, 4) is 0 Å². The van der Waals surface area contributed by atoms with Gasteiger partial charge in [0.2, 0.25) is 0 Å². The molecule has 0 aromatic heterocycles.